The van der Waals surface area contributed by atoms with Crippen LogP contribution in [0.5, 0.6) is 5.75 Å². The number of amides is 1. The fourth-order valence-electron chi connectivity index (χ4n) is 3.77. The van der Waals surface area contributed by atoms with Crippen LogP contribution in [0.1, 0.15) is 37.0 Å². The Morgan fingerprint density at radius 3 is 2.84 bits per heavy atom. The van der Waals surface area contributed by atoms with Crippen molar-refractivity contribution in [2.45, 2.75) is 44.7 Å². The maximum atomic E-state index is 13.0. The van der Waals surface area contributed by atoms with Gasteiger partial charge in [-0.25, -0.2) is 0 Å². The molecule has 6 nitrogen and oxygen atoms in total. The second kappa shape index (κ2) is 6.94. The summed E-state index contributed by atoms with van der Waals surface area (Å²) in [5.74, 6) is 1.25. The molecular formula is C19H26N2O4. The van der Waals surface area contributed by atoms with Gasteiger partial charge in [-0.1, -0.05) is 12.1 Å². The Kier molecular flexibility index (Phi) is 4.67. The average molecular weight is 346 g/mol. The predicted octanol–water partition coefficient (Wildman–Crippen LogP) is 1.84. The van der Waals surface area contributed by atoms with Gasteiger partial charge in [0, 0.05) is 25.1 Å². The van der Waals surface area contributed by atoms with Gasteiger partial charge in [0.25, 0.3) is 0 Å². The van der Waals surface area contributed by atoms with Crippen molar-refractivity contribution < 1.29 is 19.0 Å². The lowest BCUT2D eigenvalue weighted by molar-refractivity contribution is -0.139. The molecule has 1 amide bonds. The Labute approximate surface area is 148 Å². The number of methoxy groups -OCH3 is 1. The molecule has 3 atom stereocenters. The van der Waals surface area contributed by atoms with Gasteiger partial charge in [0.15, 0.2) is 6.29 Å². The van der Waals surface area contributed by atoms with Crippen LogP contribution in [0, 0.1) is 5.92 Å². The molecule has 1 N–H and O–H groups in total. The number of ether oxygens (including phenoxy) is 3. The van der Waals surface area contributed by atoms with Gasteiger partial charge in [-0.15, -0.1) is 0 Å². The molecule has 0 radical (unpaired) electrons. The molecule has 0 bridgehead atoms. The van der Waals surface area contributed by atoms with Crippen LogP contribution < -0.4 is 10.1 Å². The number of hydrogen-bond acceptors (Lipinski definition) is 5. The van der Waals surface area contributed by atoms with Crippen molar-refractivity contribution in [3.63, 3.8) is 0 Å². The lowest BCUT2D eigenvalue weighted by Gasteiger charge is -2.32. The molecule has 2 saturated heterocycles. The zero-order valence-electron chi connectivity index (χ0n) is 14.9. The lowest BCUT2D eigenvalue weighted by atomic mass is 9.95. The predicted molar refractivity (Wildman–Crippen MR) is 92.2 cm³/mol. The van der Waals surface area contributed by atoms with E-state index >= 15 is 0 Å². The Balaban J connectivity index is 1.52. The average Bonchev–Trinajstić information content (AvgIpc) is 3.45. The summed E-state index contributed by atoms with van der Waals surface area (Å²) in [6, 6.07) is 6.21. The van der Waals surface area contributed by atoms with Gasteiger partial charge < -0.3 is 24.4 Å². The number of benzene rings is 1. The van der Waals surface area contributed by atoms with Crippen molar-refractivity contribution >= 4 is 5.91 Å². The summed E-state index contributed by atoms with van der Waals surface area (Å²) in [5, 5.41) is 3.33. The Bertz CT molecular complexity index is 644. The van der Waals surface area contributed by atoms with Crippen molar-refractivity contribution in [1.82, 2.24) is 10.2 Å². The van der Waals surface area contributed by atoms with E-state index < -0.39 is 0 Å². The molecule has 4 rings (SSSR count). The minimum absolute atomic E-state index is 0.00736. The molecule has 3 aliphatic rings. The molecule has 0 aromatic heterocycles. The molecule has 0 spiro atoms. The summed E-state index contributed by atoms with van der Waals surface area (Å²) >= 11 is 0. The molecule has 0 saturated carbocycles. The van der Waals surface area contributed by atoms with Crippen molar-refractivity contribution in [2.24, 2.45) is 5.92 Å². The van der Waals surface area contributed by atoms with Crippen molar-refractivity contribution in [2.75, 3.05) is 26.8 Å². The van der Waals surface area contributed by atoms with E-state index in [-0.39, 0.29) is 30.3 Å². The molecule has 3 heterocycles. The number of piperidine rings is 1. The highest BCUT2D eigenvalue weighted by atomic mass is 16.8. The van der Waals surface area contributed by atoms with E-state index in [0.29, 0.717) is 13.2 Å². The number of nitrogens with one attached hydrogen (secondary N) is 1. The number of carbonyl (C=O) groups is 1. The largest absolute Gasteiger partial charge is 0.491 e. The first-order valence-electron chi connectivity index (χ1n) is 9.12. The van der Waals surface area contributed by atoms with Crippen LogP contribution in [0.2, 0.25) is 0 Å². The lowest BCUT2D eigenvalue weighted by Crippen LogP contribution is -2.45. The molecule has 2 unspecified atom stereocenters. The number of nitrogens with zero attached hydrogens (tertiary/aromatic N) is 1. The highest BCUT2D eigenvalue weighted by molar-refractivity contribution is 5.79. The number of carbonyl (C=O) groups excluding carboxylic acids is 1. The molecule has 2 fully saturated rings. The number of epoxide rings is 1. The summed E-state index contributed by atoms with van der Waals surface area (Å²) in [5.41, 5.74) is 2.13. The molecule has 6 heteroatoms. The number of hydrogen-bond donors (Lipinski definition) is 1. The standard InChI is InChI=1S/C19H26N2O4/c1-12-11-24-16-9-14(17-19(23-2)25-17)3-4-15(16)10-21(12)18(22)13-5-7-20-8-6-13/h3-4,9,12-13,17,19-20H,5-8,10-11H2,1-2H3/t12-,17?,19?/m0/s1. The fraction of sp³-hybridized carbons (Fsp3) is 0.632. The first kappa shape index (κ1) is 16.8. The van der Waals surface area contributed by atoms with Crippen LogP contribution in [-0.2, 0) is 20.8 Å². The first-order valence-corrected chi connectivity index (χ1v) is 9.12. The van der Waals surface area contributed by atoms with Gasteiger partial charge in [0.2, 0.25) is 5.91 Å². The van der Waals surface area contributed by atoms with E-state index in [2.05, 4.69) is 24.4 Å². The van der Waals surface area contributed by atoms with E-state index in [4.69, 9.17) is 14.2 Å². The van der Waals surface area contributed by atoms with Crippen LogP contribution in [0.25, 0.3) is 0 Å². The third kappa shape index (κ3) is 3.38. The normalized spacial score (nSPS) is 29.5. The van der Waals surface area contributed by atoms with E-state index in [1.165, 1.54) is 0 Å². The van der Waals surface area contributed by atoms with Crippen molar-refractivity contribution in [3.8, 4) is 5.75 Å². The Morgan fingerprint density at radius 2 is 2.12 bits per heavy atom. The quantitative estimate of drug-likeness (QED) is 0.846. The highest BCUT2D eigenvalue weighted by Crippen LogP contribution is 2.41. The molecule has 1 aromatic rings. The maximum Gasteiger partial charge on any atom is 0.226 e. The monoisotopic (exact) mass is 346 g/mol. The Hall–Kier alpha value is -1.63. The summed E-state index contributed by atoms with van der Waals surface area (Å²) < 4.78 is 16.7. The molecule has 0 aliphatic carbocycles. The van der Waals surface area contributed by atoms with Gasteiger partial charge in [0.1, 0.15) is 18.5 Å². The molecule has 25 heavy (non-hydrogen) atoms. The second-order valence-electron chi connectivity index (χ2n) is 7.18. The van der Waals surface area contributed by atoms with Gasteiger partial charge in [-0.2, -0.15) is 0 Å². The maximum absolute atomic E-state index is 13.0. The van der Waals surface area contributed by atoms with Crippen LogP contribution in [0.15, 0.2) is 18.2 Å². The second-order valence-corrected chi connectivity index (χ2v) is 7.18. The highest BCUT2D eigenvalue weighted by Gasteiger charge is 2.41. The molecule has 3 aliphatic heterocycles. The molecular weight excluding hydrogens is 320 g/mol. The number of fused-ring (bicyclic) bond motifs is 1. The zero-order valence-corrected chi connectivity index (χ0v) is 14.9. The van der Waals surface area contributed by atoms with Crippen LogP contribution in [0.4, 0.5) is 0 Å². The first-order chi connectivity index (χ1) is 12.2. The number of rotatable bonds is 3. The Morgan fingerprint density at radius 1 is 1.32 bits per heavy atom. The summed E-state index contributed by atoms with van der Waals surface area (Å²) in [6.45, 7) is 5.05. The van der Waals surface area contributed by atoms with Crippen LogP contribution in [0.3, 0.4) is 0 Å². The van der Waals surface area contributed by atoms with E-state index in [1.54, 1.807) is 7.11 Å². The van der Waals surface area contributed by atoms with Gasteiger partial charge >= 0.3 is 0 Å². The van der Waals surface area contributed by atoms with E-state index in [9.17, 15) is 4.79 Å². The summed E-state index contributed by atoms with van der Waals surface area (Å²) in [7, 11) is 1.65. The van der Waals surface area contributed by atoms with Gasteiger partial charge in [-0.05, 0) is 44.5 Å². The zero-order chi connectivity index (χ0) is 17.4. The summed E-state index contributed by atoms with van der Waals surface area (Å²) in [4.78, 5) is 15.0. The minimum atomic E-state index is -0.152. The fourth-order valence-corrected chi connectivity index (χ4v) is 3.77. The summed E-state index contributed by atoms with van der Waals surface area (Å²) in [6.07, 6.45) is 1.69. The van der Waals surface area contributed by atoms with E-state index in [1.807, 2.05) is 11.0 Å². The van der Waals surface area contributed by atoms with Crippen LogP contribution >= 0.6 is 0 Å². The topological polar surface area (TPSA) is 63.3 Å². The third-order valence-corrected chi connectivity index (χ3v) is 5.43. The molecule has 1 aromatic carbocycles. The molecule has 136 valence electrons. The van der Waals surface area contributed by atoms with E-state index in [0.717, 1.165) is 42.8 Å². The van der Waals surface area contributed by atoms with Crippen molar-refractivity contribution in [1.29, 1.82) is 0 Å². The van der Waals surface area contributed by atoms with Gasteiger partial charge in [-0.3, -0.25) is 4.79 Å². The smallest absolute Gasteiger partial charge is 0.226 e. The third-order valence-electron chi connectivity index (χ3n) is 5.43. The van der Waals surface area contributed by atoms with Crippen molar-refractivity contribution in [3.05, 3.63) is 29.3 Å². The SMILES string of the molecule is COC1OC1c1ccc2c(c1)OC[C@H](C)N(C(=O)C1CCNCC1)C2. The van der Waals surface area contributed by atoms with Crippen LogP contribution in [-0.4, -0.2) is 49.9 Å². The minimum Gasteiger partial charge on any atom is -0.491 e. The van der Waals surface area contributed by atoms with Gasteiger partial charge in [0.05, 0.1) is 6.04 Å².